The largest absolute Gasteiger partial charge is 0.370 e. The Kier molecular flexibility index (Phi) is 3.50. The molecule has 0 fully saturated rings. The van der Waals surface area contributed by atoms with Crippen molar-refractivity contribution in [1.29, 1.82) is 0 Å². The highest BCUT2D eigenvalue weighted by Gasteiger charge is 2.23. The van der Waals surface area contributed by atoms with Gasteiger partial charge in [-0.15, -0.1) is 0 Å². The van der Waals surface area contributed by atoms with Crippen molar-refractivity contribution >= 4 is 16.8 Å². The second-order valence-electron chi connectivity index (χ2n) is 5.30. The van der Waals surface area contributed by atoms with E-state index in [2.05, 4.69) is 15.2 Å². The lowest BCUT2D eigenvalue weighted by molar-refractivity contribution is -0.118. The van der Waals surface area contributed by atoms with Gasteiger partial charge in [0.25, 0.3) is 5.56 Å². The number of pyridine rings is 1. The Morgan fingerprint density at radius 1 is 1.32 bits per heavy atom. The Labute approximate surface area is 126 Å². The highest BCUT2D eigenvalue weighted by atomic mass is 16.1. The lowest BCUT2D eigenvalue weighted by Crippen LogP contribution is -2.20. The van der Waals surface area contributed by atoms with E-state index in [-0.39, 0.29) is 17.9 Å². The smallest absolute Gasteiger partial charge is 0.267 e. The van der Waals surface area contributed by atoms with Crippen molar-refractivity contribution in [2.24, 2.45) is 5.73 Å². The number of hydrogen-bond donors (Lipinski definition) is 3. The topological polar surface area (TPSA) is 105 Å². The molecule has 0 saturated heterocycles. The maximum atomic E-state index is 12.0. The maximum absolute atomic E-state index is 12.0. The quantitative estimate of drug-likeness (QED) is 0.680. The van der Waals surface area contributed by atoms with E-state index in [1.165, 1.54) is 0 Å². The highest BCUT2D eigenvalue weighted by molar-refractivity contribution is 5.80. The van der Waals surface area contributed by atoms with Gasteiger partial charge >= 0.3 is 0 Å². The number of rotatable bonds is 4. The Morgan fingerprint density at radius 2 is 2.14 bits per heavy atom. The van der Waals surface area contributed by atoms with Crippen molar-refractivity contribution in [3.63, 3.8) is 0 Å². The molecule has 0 unspecified atom stereocenters. The number of aromatic nitrogens is 3. The van der Waals surface area contributed by atoms with Gasteiger partial charge in [0.1, 0.15) is 0 Å². The standard InChI is InChI=1S/C16H16N4O2/c1-9-15(16(22)20-19-9)12(8-14(17)21)10-4-5-13-11(7-10)3-2-6-18-13/h2-7,12H,8H2,1H3,(H2,17,21)(H2,19,20,22)/t12-/m0/s1. The average Bonchev–Trinajstić information content (AvgIpc) is 2.83. The van der Waals surface area contributed by atoms with Crippen LogP contribution in [0.1, 0.15) is 29.2 Å². The summed E-state index contributed by atoms with van der Waals surface area (Å²) in [5, 5.41) is 6.31. The molecule has 6 heteroatoms. The van der Waals surface area contributed by atoms with Crippen molar-refractivity contribution in [2.45, 2.75) is 19.3 Å². The summed E-state index contributed by atoms with van der Waals surface area (Å²) in [6.07, 6.45) is 1.80. The zero-order valence-corrected chi connectivity index (χ0v) is 12.1. The van der Waals surface area contributed by atoms with Gasteiger partial charge < -0.3 is 10.8 Å². The summed E-state index contributed by atoms with van der Waals surface area (Å²) in [7, 11) is 0. The molecule has 1 aromatic carbocycles. The second-order valence-corrected chi connectivity index (χ2v) is 5.30. The van der Waals surface area contributed by atoms with Crippen LogP contribution < -0.4 is 11.3 Å². The van der Waals surface area contributed by atoms with Gasteiger partial charge in [0.2, 0.25) is 5.91 Å². The fourth-order valence-corrected chi connectivity index (χ4v) is 2.77. The molecule has 0 aliphatic rings. The predicted octanol–water partition coefficient (Wildman–Crippen LogP) is 1.57. The third-order valence-electron chi connectivity index (χ3n) is 3.80. The molecule has 0 radical (unpaired) electrons. The van der Waals surface area contributed by atoms with Crippen molar-refractivity contribution in [2.75, 3.05) is 0 Å². The van der Waals surface area contributed by atoms with E-state index in [0.717, 1.165) is 16.5 Å². The minimum absolute atomic E-state index is 0.0769. The summed E-state index contributed by atoms with van der Waals surface area (Å²) < 4.78 is 0. The molecule has 2 heterocycles. The number of fused-ring (bicyclic) bond motifs is 1. The van der Waals surface area contributed by atoms with E-state index >= 15 is 0 Å². The number of nitrogens with one attached hydrogen (secondary N) is 2. The van der Waals surface area contributed by atoms with Crippen molar-refractivity contribution < 1.29 is 4.79 Å². The van der Waals surface area contributed by atoms with Gasteiger partial charge in [-0.05, 0) is 30.7 Å². The Hall–Kier alpha value is -2.89. The van der Waals surface area contributed by atoms with E-state index in [1.807, 2.05) is 30.3 Å². The van der Waals surface area contributed by atoms with E-state index < -0.39 is 5.91 Å². The molecule has 0 aliphatic carbocycles. The van der Waals surface area contributed by atoms with Gasteiger partial charge in [0.05, 0.1) is 5.52 Å². The van der Waals surface area contributed by atoms with Crippen LogP contribution in [0.4, 0.5) is 0 Å². The number of carbonyl (C=O) groups excluding carboxylic acids is 1. The van der Waals surface area contributed by atoms with E-state index in [4.69, 9.17) is 5.73 Å². The van der Waals surface area contributed by atoms with E-state index in [0.29, 0.717) is 11.3 Å². The summed E-state index contributed by atoms with van der Waals surface area (Å²) in [4.78, 5) is 27.8. The van der Waals surface area contributed by atoms with Crippen LogP contribution in [0.5, 0.6) is 0 Å². The Balaban J connectivity index is 2.15. The Bertz CT molecular complexity index is 894. The summed E-state index contributed by atoms with van der Waals surface area (Å²) in [6.45, 7) is 1.80. The number of nitrogens with two attached hydrogens (primary N) is 1. The van der Waals surface area contributed by atoms with Crippen LogP contribution in [-0.2, 0) is 4.79 Å². The number of H-pyrrole nitrogens is 2. The lowest BCUT2D eigenvalue weighted by atomic mass is 9.88. The van der Waals surface area contributed by atoms with Crippen molar-refractivity contribution in [3.05, 3.63) is 63.7 Å². The summed E-state index contributed by atoms with van der Waals surface area (Å²) in [5.41, 5.74) is 8.14. The molecular formula is C16H16N4O2. The Morgan fingerprint density at radius 3 is 2.82 bits per heavy atom. The van der Waals surface area contributed by atoms with Crippen LogP contribution in [0.15, 0.2) is 41.3 Å². The molecular weight excluding hydrogens is 280 g/mol. The molecule has 0 aliphatic heterocycles. The lowest BCUT2D eigenvalue weighted by Gasteiger charge is -2.15. The van der Waals surface area contributed by atoms with Crippen LogP contribution in [0.3, 0.4) is 0 Å². The van der Waals surface area contributed by atoms with Crippen LogP contribution in [0.2, 0.25) is 0 Å². The third-order valence-corrected chi connectivity index (χ3v) is 3.80. The van der Waals surface area contributed by atoms with Gasteiger partial charge in [0, 0.05) is 35.2 Å². The summed E-state index contributed by atoms with van der Waals surface area (Å²) in [6, 6.07) is 9.51. The van der Waals surface area contributed by atoms with Crippen LogP contribution in [0.25, 0.3) is 10.9 Å². The maximum Gasteiger partial charge on any atom is 0.267 e. The SMILES string of the molecule is Cc1[nH][nH]c(=O)c1[C@@H](CC(N)=O)c1ccc2ncccc2c1. The number of nitrogens with zero attached hydrogens (tertiary/aromatic N) is 1. The average molecular weight is 296 g/mol. The fraction of sp³-hybridized carbons (Fsp3) is 0.188. The number of hydrogen-bond acceptors (Lipinski definition) is 3. The van der Waals surface area contributed by atoms with Crippen molar-refractivity contribution in [3.8, 4) is 0 Å². The first-order valence-corrected chi connectivity index (χ1v) is 6.96. The van der Waals surface area contributed by atoms with Gasteiger partial charge in [-0.2, -0.15) is 0 Å². The van der Waals surface area contributed by atoms with Crippen LogP contribution >= 0.6 is 0 Å². The minimum atomic E-state index is -0.448. The number of primary amides is 1. The van der Waals surface area contributed by atoms with E-state index in [9.17, 15) is 9.59 Å². The molecule has 1 amide bonds. The first-order valence-electron chi connectivity index (χ1n) is 6.96. The van der Waals surface area contributed by atoms with E-state index in [1.54, 1.807) is 13.1 Å². The minimum Gasteiger partial charge on any atom is -0.370 e. The fourth-order valence-electron chi connectivity index (χ4n) is 2.77. The summed E-state index contributed by atoms with van der Waals surface area (Å²) >= 11 is 0. The zero-order valence-electron chi connectivity index (χ0n) is 12.1. The highest BCUT2D eigenvalue weighted by Crippen LogP contribution is 2.29. The molecule has 3 aromatic rings. The van der Waals surface area contributed by atoms with Gasteiger partial charge in [-0.25, -0.2) is 0 Å². The molecule has 0 saturated carbocycles. The zero-order chi connectivity index (χ0) is 15.7. The second kappa shape index (κ2) is 5.48. The predicted molar refractivity (Wildman–Crippen MR) is 83.5 cm³/mol. The molecule has 3 rings (SSSR count). The molecule has 1 atom stereocenters. The molecule has 4 N–H and O–H groups in total. The number of benzene rings is 1. The number of carbonyl (C=O) groups is 1. The molecule has 22 heavy (non-hydrogen) atoms. The molecule has 0 spiro atoms. The number of aryl methyl sites for hydroxylation is 1. The third kappa shape index (κ3) is 2.50. The van der Waals surface area contributed by atoms with Crippen LogP contribution in [0, 0.1) is 6.92 Å². The normalized spacial score (nSPS) is 12.4. The molecule has 0 bridgehead atoms. The van der Waals surface area contributed by atoms with Crippen molar-refractivity contribution in [1.82, 2.24) is 15.2 Å². The molecule has 6 nitrogen and oxygen atoms in total. The summed E-state index contributed by atoms with van der Waals surface area (Å²) in [5.74, 6) is -0.826. The first kappa shape index (κ1) is 14.1. The monoisotopic (exact) mass is 296 g/mol. The molecule has 2 aromatic heterocycles. The number of amides is 1. The van der Waals surface area contributed by atoms with Gasteiger partial charge in [-0.3, -0.25) is 19.7 Å². The van der Waals surface area contributed by atoms with Gasteiger partial charge in [0.15, 0.2) is 0 Å². The van der Waals surface area contributed by atoms with Crippen LogP contribution in [-0.4, -0.2) is 21.1 Å². The first-order chi connectivity index (χ1) is 10.6. The van der Waals surface area contributed by atoms with Gasteiger partial charge in [-0.1, -0.05) is 12.1 Å². The molecule has 112 valence electrons. The number of aromatic amines is 2.